The molecule has 14 heteroatoms. The minimum atomic E-state index is -1.67. The fourth-order valence-electron chi connectivity index (χ4n) is 3.07. The molecule has 5 unspecified atom stereocenters. The van der Waals surface area contributed by atoms with Gasteiger partial charge in [0, 0.05) is 12.8 Å². The van der Waals surface area contributed by atoms with E-state index < -0.39 is 85.2 Å². The molecule has 198 valence electrons. The van der Waals surface area contributed by atoms with E-state index >= 15 is 0 Å². The van der Waals surface area contributed by atoms with Crippen LogP contribution < -0.4 is 21.7 Å². The zero-order valence-electron chi connectivity index (χ0n) is 19.4. The molecule has 1 aromatic rings. The fourth-order valence-corrected chi connectivity index (χ4v) is 3.07. The van der Waals surface area contributed by atoms with Gasteiger partial charge in [-0.15, -0.1) is 0 Å². The summed E-state index contributed by atoms with van der Waals surface area (Å²) in [4.78, 5) is 71.1. The standard InChI is InChI=1S/C22H30N4O10/c1-11(27)18(26-19(32)13(23)10-17(30)31)21(34)24-14(7-8-16(28)29)20(33)25-15(22(35)36)9-12-5-3-2-4-6-12/h2-6,11,13-15,18,27H,7-10,23H2,1H3,(H,24,34)(H,25,33)(H,26,32)(H,28,29)(H,30,31)(H,35,36). The fraction of sp³-hybridized carbons (Fsp3) is 0.455. The lowest BCUT2D eigenvalue weighted by Gasteiger charge is -2.26. The van der Waals surface area contributed by atoms with Crippen molar-refractivity contribution in [1.29, 1.82) is 0 Å². The number of carbonyl (C=O) groups excluding carboxylic acids is 3. The van der Waals surface area contributed by atoms with Crippen LogP contribution in [0, 0.1) is 0 Å². The Labute approximate surface area is 205 Å². The van der Waals surface area contributed by atoms with Crippen molar-refractivity contribution in [3.8, 4) is 0 Å². The minimum absolute atomic E-state index is 0.0880. The molecule has 1 rings (SSSR count). The van der Waals surface area contributed by atoms with Gasteiger partial charge in [0.05, 0.1) is 18.6 Å². The van der Waals surface area contributed by atoms with Crippen molar-refractivity contribution in [2.45, 2.75) is 62.9 Å². The van der Waals surface area contributed by atoms with Crippen molar-refractivity contribution in [3.63, 3.8) is 0 Å². The number of hydrogen-bond donors (Lipinski definition) is 8. The third-order valence-electron chi connectivity index (χ3n) is 4.97. The molecule has 0 aromatic heterocycles. The summed E-state index contributed by atoms with van der Waals surface area (Å²) >= 11 is 0. The lowest BCUT2D eigenvalue weighted by atomic mass is 10.0. The molecule has 0 fully saturated rings. The number of nitrogens with one attached hydrogen (secondary N) is 3. The zero-order chi connectivity index (χ0) is 27.4. The molecule has 1 aromatic carbocycles. The maximum atomic E-state index is 12.8. The second-order valence-corrected chi connectivity index (χ2v) is 8.01. The van der Waals surface area contributed by atoms with E-state index in [9.17, 15) is 39.0 Å². The van der Waals surface area contributed by atoms with Crippen molar-refractivity contribution in [2.24, 2.45) is 5.73 Å². The molecular weight excluding hydrogens is 480 g/mol. The molecule has 5 atom stereocenters. The molecule has 0 heterocycles. The maximum absolute atomic E-state index is 12.8. The van der Waals surface area contributed by atoms with Gasteiger partial charge in [-0.2, -0.15) is 0 Å². The Bertz CT molecular complexity index is 953. The summed E-state index contributed by atoms with van der Waals surface area (Å²) in [6.45, 7) is 1.14. The Morgan fingerprint density at radius 2 is 1.42 bits per heavy atom. The highest BCUT2D eigenvalue weighted by atomic mass is 16.4. The molecule has 14 nitrogen and oxygen atoms in total. The lowest BCUT2D eigenvalue weighted by molar-refractivity contribution is -0.143. The highest BCUT2D eigenvalue weighted by Gasteiger charge is 2.33. The Balaban J connectivity index is 3.01. The quantitative estimate of drug-likeness (QED) is 0.126. The van der Waals surface area contributed by atoms with E-state index in [0.29, 0.717) is 5.56 Å². The molecule has 3 amide bonds. The van der Waals surface area contributed by atoms with Crippen molar-refractivity contribution in [3.05, 3.63) is 35.9 Å². The zero-order valence-corrected chi connectivity index (χ0v) is 19.4. The normalized spacial score (nSPS) is 14.9. The number of hydrogen-bond acceptors (Lipinski definition) is 8. The molecule has 0 spiro atoms. The number of carboxylic acids is 3. The Morgan fingerprint density at radius 1 is 0.833 bits per heavy atom. The van der Waals surface area contributed by atoms with E-state index in [1.807, 2.05) is 0 Å². The summed E-state index contributed by atoms with van der Waals surface area (Å²) in [5.41, 5.74) is 6.06. The van der Waals surface area contributed by atoms with E-state index in [1.54, 1.807) is 30.3 Å². The van der Waals surface area contributed by atoms with Gasteiger partial charge in [-0.3, -0.25) is 24.0 Å². The number of carboxylic acid groups (broad SMARTS) is 3. The predicted octanol–water partition coefficient (Wildman–Crippen LogP) is -2.18. The topological polar surface area (TPSA) is 245 Å². The van der Waals surface area contributed by atoms with Gasteiger partial charge in [-0.1, -0.05) is 30.3 Å². The number of aliphatic hydroxyl groups excluding tert-OH is 1. The highest BCUT2D eigenvalue weighted by Crippen LogP contribution is 2.07. The summed E-state index contributed by atoms with van der Waals surface area (Å²) in [5, 5.41) is 43.8. The molecule has 0 saturated carbocycles. The third-order valence-corrected chi connectivity index (χ3v) is 4.97. The van der Waals surface area contributed by atoms with Gasteiger partial charge in [-0.25, -0.2) is 4.79 Å². The molecule has 0 saturated heterocycles. The van der Waals surface area contributed by atoms with Gasteiger partial charge in [-0.05, 0) is 18.9 Å². The summed E-state index contributed by atoms with van der Waals surface area (Å²) < 4.78 is 0. The number of rotatable bonds is 15. The molecule has 0 aliphatic rings. The van der Waals surface area contributed by atoms with Crippen LogP contribution in [0.4, 0.5) is 0 Å². The van der Waals surface area contributed by atoms with Crippen LogP contribution in [0.3, 0.4) is 0 Å². The average Bonchev–Trinajstić information content (AvgIpc) is 2.78. The van der Waals surface area contributed by atoms with Crippen LogP contribution in [0.15, 0.2) is 30.3 Å². The lowest BCUT2D eigenvalue weighted by Crippen LogP contribution is -2.60. The van der Waals surface area contributed by atoms with Crippen LogP contribution in [-0.2, 0) is 35.2 Å². The molecule has 0 radical (unpaired) electrons. The predicted molar refractivity (Wildman–Crippen MR) is 122 cm³/mol. The first-order chi connectivity index (χ1) is 16.8. The van der Waals surface area contributed by atoms with Gasteiger partial charge in [0.2, 0.25) is 17.7 Å². The van der Waals surface area contributed by atoms with Crippen molar-refractivity contribution in [1.82, 2.24) is 16.0 Å². The molecule has 0 aliphatic heterocycles. The number of aliphatic hydroxyl groups is 1. The Kier molecular flexibility index (Phi) is 12.0. The molecule has 0 aliphatic carbocycles. The summed E-state index contributed by atoms with van der Waals surface area (Å²) in [6, 6.07) is 2.25. The number of benzene rings is 1. The van der Waals surface area contributed by atoms with Crippen LogP contribution in [0.2, 0.25) is 0 Å². The Morgan fingerprint density at radius 3 is 1.92 bits per heavy atom. The highest BCUT2D eigenvalue weighted by molar-refractivity contribution is 5.95. The van der Waals surface area contributed by atoms with E-state index in [1.165, 1.54) is 0 Å². The molecule has 36 heavy (non-hydrogen) atoms. The first kappa shape index (κ1) is 30.0. The van der Waals surface area contributed by atoms with Crippen LogP contribution in [0.25, 0.3) is 0 Å². The van der Waals surface area contributed by atoms with Gasteiger partial charge in [0.25, 0.3) is 0 Å². The van der Waals surface area contributed by atoms with Gasteiger partial charge >= 0.3 is 17.9 Å². The number of carbonyl (C=O) groups is 6. The summed E-state index contributed by atoms with van der Waals surface area (Å²) in [6.07, 6.45) is -3.34. The minimum Gasteiger partial charge on any atom is -0.481 e. The van der Waals surface area contributed by atoms with Crippen molar-refractivity contribution < 1.29 is 49.2 Å². The number of aliphatic carboxylic acids is 3. The van der Waals surface area contributed by atoms with E-state index in [0.717, 1.165) is 6.92 Å². The van der Waals surface area contributed by atoms with Gasteiger partial charge in [0.1, 0.15) is 18.1 Å². The molecule has 9 N–H and O–H groups in total. The second kappa shape index (κ2) is 14.4. The Hall–Kier alpha value is -4.04. The van der Waals surface area contributed by atoms with Crippen LogP contribution in [0.1, 0.15) is 31.7 Å². The van der Waals surface area contributed by atoms with E-state index in [-0.39, 0.29) is 6.42 Å². The first-order valence-electron chi connectivity index (χ1n) is 10.9. The monoisotopic (exact) mass is 510 g/mol. The SMILES string of the molecule is CC(O)C(NC(=O)C(N)CC(=O)O)C(=O)NC(CCC(=O)O)C(=O)NC(Cc1ccccc1)C(=O)O. The number of amides is 3. The van der Waals surface area contributed by atoms with E-state index in [2.05, 4.69) is 16.0 Å². The van der Waals surface area contributed by atoms with Gasteiger partial charge in [0.15, 0.2) is 0 Å². The van der Waals surface area contributed by atoms with Crippen LogP contribution >= 0.6 is 0 Å². The van der Waals surface area contributed by atoms with Crippen molar-refractivity contribution in [2.75, 3.05) is 0 Å². The van der Waals surface area contributed by atoms with Gasteiger partial charge < -0.3 is 42.1 Å². The third kappa shape index (κ3) is 10.5. The van der Waals surface area contributed by atoms with Crippen LogP contribution in [-0.4, -0.2) is 86.3 Å². The average molecular weight is 511 g/mol. The molecular formula is C22H30N4O10. The summed E-state index contributed by atoms with van der Waals surface area (Å²) in [7, 11) is 0. The van der Waals surface area contributed by atoms with Crippen LogP contribution in [0.5, 0.6) is 0 Å². The molecule has 0 bridgehead atoms. The largest absolute Gasteiger partial charge is 0.481 e. The maximum Gasteiger partial charge on any atom is 0.326 e. The smallest absolute Gasteiger partial charge is 0.326 e. The second-order valence-electron chi connectivity index (χ2n) is 8.01. The first-order valence-corrected chi connectivity index (χ1v) is 10.9. The van der Waals surface area contributed by atoms with E-state index in [4.69, 9.17) is 15.9 Å². The summed E-state index contributed by atoms with van der Waals surface area (Å²) in [5.74, 6) is -7.17. The van der Waals surface area contributed by atoms with Crippen molar-refractivity contribution >= 4 is 35.6 Å². The number of nitrogens with two attached hydrogens (primary N) is 1.